The van der Waals surface area contributed by atoms with Crippen LogP contribution in [0, 0.1) is 6.92 Å². The minimum atomic E-state index is -0.921. The highest BCUT2D eigenvalue weighted by atomic mass is 16.5. The van der Waals surface area contributed by atoms with Gasteiger partial charge in [-0.2, -0.15) is 0 Å². The van der Waals surface area contributed by atoms with Gasteiger partial charge < -0.3 is 9.84 Å². The molecule has 3 rings (SSSR count). The largest absolute Gasteiger partial charge is 0.481 e. The number of carboxylic acid groups (broad SMARTS) is 1. The lowest BCUT2D eigenvalue weighted by molar-refractivity contribution is -0.136. The summed E-state index contributed by atoms with van der Waals surface area (Å²) in [5.74, 6) is 0.531. The van der Waals surface area contributed by atoms with Crippen molar-refractivity contribution in [2.75, 3.05) is 0 Å². The third-order valence-electron chi connectivity index (χ3n) is 2.99. The number of carboxylic acids is 1. The Morgan fingerprint density at radius 1 is 1.33 bits per heavy atom. The minimum absolute atomic E-state index is 0.120. The van der Waals surface area contributed by atoms with E-state index in [0.717, 1.165) is 5.82 Å². The maximum Gasteiger partial charge on any atom is 0.307 e. The molecule has 3 aromatic rings. The lowest BCUT2D eigenvalue weighted by Crippen LogP contribution is -2.03. The number of ether oxygens (including phenoxy) is 1. The molecule has 0 amide bonds. The zero-order valence-electron chi connectivity index (χ0n) is 11.2. The summed E-state index contributed by atoms with van der Waals surface area (Å²) < 4.78 is 7.49. The number of aromatic nitrogens is 4. The van der Waals surface area contributed by atoms with Crippen LogP contribution in [0.4, 0.5) is 0 Å². The third-order valence-corrected chi connectivity index (χ3v) is 2.99. The number of nitrogens with zero attached hydrogens (tertiary/aromatic N) is 4. The summed E-state index contributed by atoms with van der Waals surface area (Å²) >= 11 is 0. The van der Waals surface area contributed by atoms with Gasteiger partial charge in [0.05, 0.1) is 6.42 Å². The molecule has 106 valence electrons. The van der Waals surface area contributed by atoms with E-state index in [-0.39, 0.29) is 12.3 Å². The van der Waals surface area contributed by atoms with Crippen LogP contribution < -0.4 is 4.74 Å². The van der Waals surface area contributed by atoms with Crippen LogP contribution >= 0.6 is 0 Å². The Kier molecular flexibility index (Phi) is 3.23. The van der Waals surface area contributed by atoms with Crippen LogP contribution in [0.2, 0.25) is 0 Å². The standard InChI is InChI=1S/C14H12N4O3/c1-9-16-17-13-14(15-6-7-18(9)13)21-11-5-3-2-4-10(11)8-12(19)20/h2-7H,8H2,1H3,(H,19,20). The van der Waals surface area contributed by atoms with Gasteiger partial charge in [-0.3, -0.25) is 9.20 Å². The molecule has 0 unspecified atom stereocenters. The van der Waals surface area contributed by atoms with Crippen LogP contribution in [0.3, 0.4) is 0 Å². The highest BCUT2D eigenvalue weighted by molar-refractivity contribution is 5.71. The Labute approximate surface area is 119 Å². The van der Waals surface area contributed by atoms with Crippen LogP contribution in [0.1, 0.15) is 11.4 Å². The number of para-hydroxylation sites is 1. The van der Waals surface area contributed by atoms with Crippen molar-refractivity contribution in [1.82, 2.24) is 19.6 Å². The fourth-order valence-corrected chi connectivity index (χ4v) is 2.01. The Morgan fingerprint density at radius 3 is 2.95 bits per heavy atom. The number of benzene rings is 1. The van der Waals surface area contributed by atoms with Gasteiger partial charge in [-0.25, -0.2) is 4.98 Å². The summed E-state index contributed by atoms with van der Waals surface area (Å²) in [4.78, 5) is 15.0. The molecule has 0 atom stereocenters. The number of hydrogen-bond donors (Lipinski definition) is 1. The van der Waals surface area contributed by atoms with Crippen molar-refractivity contribution in [2.45, 2.75) is 13.3 Å². The number of fused-ring (bicyclic) bond motifs is 1. The molecule has 2 aromatic heterocycles. The monoisotopic (exact) mass is 284 g/mol. The molecule has 0 spiro atoms. The third kappa shape index (κ3) is 2.53. The van der Waals surface area contributed by atoms with Gasteiger partial charge in [-0.1, -0.05) is 18.2 Å². The van der Waals surface area contributed by atoms with Crippen LogP contribution in [-0.2, 0) is 11.2 Å². The number of rotatable bonds is 4. The van der Waals surface area contributed by atoms with Crippen molar-refractivity contribution in [3.63, 3.8) is 0 Å². The Bertz CT molecular complexity index is 813. The van der Waals surface area contributed by atoms with E-state index in [4.69, 9.17) is 9.84 Å². The summed E-state index contributed by atoms with van der Waals surface area (Å²) in [6.07, 6.45) is 3.20. The van der Waals surface area contributed by atoms with E-state index >= 15 is 0 Å². The molecule has 7 heteroatoms. The number of aliphatic carboxylic acids is 1. The quantitative estimate of drug-likeness (QED) is 0.786. The van der Waals surface area contributed by atoms with Gasteiger partial charge in [0.1, 0.15) is 11.6 Å². The van der Waals surface area contributed by atoms with Gasteiger partial charge in [-0.05, 0) is 13.0 Å². The van der Waals surface area contributed by atoms with Crippen LogP contribution in [0.15, 0.2) is 36.7 Å². The first-order chi connectivity index (χ1) is 10.1. The lowest BCUT2D eigenvalue weighted by Gasteiger charge is -2.09. The molecule has 1 N–H and O–H groups in total. The molecular weight excluding hydrogens is 272 g/mol. The second-order valence-corrected chi connectivity index (χ2v) is 4.45. The molecule has 0 aliphatic rings. The first-order valence-corrected chi connectivity index (χ1v) is 6.29. The van der Waals surface area contributed by atoms with Crippen LogP contribution in [-0.4, -0.2) is 30.7 Å². The normalized spacial score (nSPS) is 10.7. The van der Waals surface area contributed by atoms with Gasteiger partial charge in [0, 0.05) is 18.0 Å². The van der Waals surface area contributed by atoms with Gasteiger partial charge in [-0.15, -0.1) is 10.2 Å². The van der Waals surface area contributed by atoms with Gasteiger partial charge >= 0.3 is 5.97 Å². The van der Waals surface area contributed by atoms with Gasteiger partial charge in [0.15, 0.2) is 0 Å². The Balaban J connectivity index is 2.01. The fraction of sp³-hybridized carbons (Fsp3) is 0.143. The zero-order chi connectivity index (χ0) is 14.8. The smallest absolute Gasteiger partial charge is 0.307 e. The summed E-state index contributed by atoms with van der Waals surface area (Å²) in [5, 5.41) is 16.9. The predicted molar refractivity (Wildman–Crippen MR) is 73.4 cm³/mol. The molecule has 7 nitrogen and oxygen atoms in total. The van der Waals surface area contributed by atoms with E-state index in [1.54, 1.807) is 41.1 Å². The molecular formula is C14H12N4O3. The molecule has 2 heterocycles. The highest BCUT2D eigenvalue weighted by Crippen LogP contribution is 2.26. The number of carbonyl (C=O) groups is 1. The summed E-state index contributed by atoms with van der Waals surface area (Å²) in [5.41, 5.74) is 1.06. The Hall–Kier alpha value is -2.96. The molecule has 0 aliphatic carbocycles. The number of aryl methyl sites for hydroxylation is 1. The van der Waals surface area contributed by atoms with Crippen LogP contribution in [0.5, 0.6) is 11.6 Å². The maximum atomic E-state index is 10.9. The summed E-state index contributed by atoms with van der Waals surface area (Å²) in [7, 11) is 0. The van der Waals surface area contributed by atoms with E-state index in [1.165, 1.54) is 0 Å². The molecule has 0 radical (unpaired) electrons. The lowest BCUT2D eigenvalue weighted by atomic mass is 10.1. The molecule has 0 saturated heterocycles. The summed E-state index contributed by atoms with van der Waals surface area (Å²) in [6.45, 7) is 1.82. The second-order valence-electron chi connectivity index (χ2n) is 4.45. The van der Waals surface area contributed by atoms with Crippen molar-refractivity contribution in [3.8, 4) is 11.6 Å². The number of hydrogen-bond acceptors (Lipinski definition) is 5. The second kappa shape index (κ2) is 5.20. The van der Waals surface area contributed by atoms with E-state index in [0.29, 0.717) is 17.0 Å². The fourth-order valence-electron chi connectivity index (χ4n) is 2.01. The van der Waals surface area contributed by atoms with Gasteiger partial charge in [0.25, 0.3) is 5.88 Å². The van der Waals surface area contributed by atoms with E-state index in [9.17, 15) is 4.79 Å². The molecule has 21 heavy (non-hydrogen) atoms. The Morgan fingerprint density at radius 2 is 2.14 bits per heavy atom. The average Bonchev–Trinajstić information content (AvgIpc) is 2.83. The molecule has 0 fully saturated rings. The topological polar surface area (TPSA) is 89.6 Å². The highest BCUT2D eigenvalue weighted by Gasteiger charge is 2.13. The van der Waals surface area contributed by atoms with E-state index in [1.807, 2.05) is 6.92 Å². The van der Waals surface area contributed by atoms with Crippen LogP contribution in [0.25, 0.3) is 5.65 Å². The predicted octanol–water partition coefficient (Wildman–Crippen LogP) is 1.85. The van der Waals surface area contributed by atoms with E-state index < -0.39 is 5.97 Å². The van der Waals surface area contributed by atoms with Crippen molar-refractivity contribution in [2.24, 2.45) is 0 Å². The first-order valence-electron chi connectivity index (χ1n) is 6.29. The van der Waals surface area contributed by atoms with Crippen molar-refractivity contribution in [1.29, 1.82) is 0 Å². The van der Waals surface area contributed by atoms with Crippen molar-refractivity contribution in [3.05, 3.63) is 48.0 Å². The average molecular weight is 284 g/mol. The maximum absolute atomic E-state index is 10.9. The summed E-state index contributed by atoms with van der Waals surface area (Å²) in [6, 6.07) is 6.95. The van der Waals surface area contributed by atoms with Crippen molar-refractivity contribution >= 4 is 11.6 Å². The molecule has 0 bridgehead atoms. The SMILES string of the molecule is Cc1nnc2c(Oc3ccccc3CC(=O)O)nccn12. The minimum Gasteiger partial charge on any atom is -0.481 e. The molecule has 0 aliphatic heterocycles. The van der Waals surface area contributed by atoms with Gasteiger partial charge in [0.2, 0.25) is 5.65 Å². The molecule has 0 saturated carbocycles. The zero-order valence-corrected chi connectivity index (χ0v) is 11.2. The molecule has 1 aromatic carbocycles. The van der Waals surface area contributed by atoms with E-state index in [2.05, 4.69) is 15.2 Å². The first kappa shape index (κ1) is 13.0. The van der Waals surface area contributed by atoms with Crippen molar-refractivity contribution < 1.29 is 14.6 Å².